The van der Waals surface area contributed by atoms with Crippen LogP contribution in [0.4, 0.5) is 24.0 Å². The minimum Gasteiger partial charge on any atom is -0.325 e. The number of halogens is 3. The first kappa shape index (κ1) is 21.8. The Labute approximate surface area is 177 Å². The van der Waals surface area contributed by atoms with Gasteiger partial charge in [-0.25, -0.2) is 0 Å². The molecule has 2 amide bonds. The van der Waals surface area contributed by atoms with Gasteiger partial charge < -0.3 is 5.32 Å². The molecule has 0 unspecified atom stereocenters. The number of aromatic nitrogens is 2. The second-order valence-electron chi connectivity index (χ2n) is 6.05. The summed E-state index contributed by atoms with van der Waals surface area (Å²) in [6, 6.07) is 11.3. The molecule has 0 bridgehead atoms. The molecular weight excluding hydrogens is 437 g/mol. The van der Waals surface area contributed by atoms with Crippen LogP contribution in [0.5, 0.6) is 0 Å². The summed E-state index contributed by atoms with van der Waals surface area (Å²) >= 11 is 2.22. The van der Waals surface area contributed by atoms with Crippen LogP contribution in [-0.2, 0) is 11.0 Å². The van der Waals surface area contributed by atoms with Gasteiger partial charge in [0.1, 0.15) is 0 Å². The summed E-state index contributed by atoms with van der Waals surface area (Å²) in [6.07, 6.45) is -4.43. The van der Waals surface area contributed by atoms with Gasteiger partial charge in [0.05, 0.1) is 11.3 Å². The lowest BCUT2D eigenvalue weighted by molar-refractivity contribution is -0.137. The smallest absolute Gasteiger partial charge is 0.325 e. The van der Waals surface area contributed by atoms with Crippen molar-refractivity contribution in [3.05, 3.63) is 65.2 Å². The third-order valence-corrected chi connectivity index (χ3v) is 5.81. The molecule has 0 aliphatic carbocycles. The molecule has 2 N–H and O–H groups in total. The monoisotopic (exact) mass is 452 g/mol. The van der Waals surface area contributed by atoms with Gasteiger partial charge in [0.15, 0.2) is 4.34 Å². The number of benzene rings is 2. The number of hydrogen-bond acceptors (Lipinski definition) is 6. The predicted octanol–water partition coefficient (Wildman–Crippen LogP) is 4.85. The van der Waals surface area contributed by atoms with E-state index in [9.17, 15) is 22.8 Å². The Kier molecular flexibility index (Phi) is 6.73. The number of rotatable bonds is 6. The molecule has 1 heterocycles. The highest BCUT2D eigenvalue weighted by Gasteiger charge is 2.30. The lowest BCUT2D eigenvalue weighted by Gasteiger charge is -2.08. The topological polar surface area (TPSA) is 84.0 Å². The maximum Gasteiger partial charge on any atom is 0.416 e. The highest BCUT2D eigenvalue weighted by Crippen LogP contribution is 2.30. The number of alkyl halides is 3. The quantitative estimate of drug-likeness (QED) is 0.413. The van der Waals surface area contributed by atoms with Crippen LogP contribution in [-0.4, -0.2) is 27.8 Å². The largest absolute Gasteiger partial charge is 0.416 e. The van der Waals surface area contributed by atoms with Gasteiger partial charge in [0.25, 0.3) is 5.91 Å². The molecule has 0 aliphatic heterocycles. The van der Waals surface area contributed by atoms with Crippen molar-refractivity contribution in [3.8, 4) is 0 Å². The van der Waals surface area contributed by atoms with E-state index in [0.717, 1.165) is 40.8 Å². The van der Waals surface area contributed by atoms with Crippen LogP contribution >= 0.6 is 23.1 Å². The molecule has 30 heavy (non-hydrogen) atoms. The Hall–Kier alpha value is -2.92. The third kappa shape index (κ3) is 5.80. The molecule has 6 nitrogen and oxygen atoms in total. The van der Waals surface area contributed by atoms with Crippen molar-refractivity contribution in [2.75, 3.05) is 16.4 Å². The number of aryl methyl sites for hydroxylation is 1. The molecule has 0 saturated heterocycles. The number of carbonyl (C=O) groups is 2. The zero-order chi connectivity index (χ0) is 21.7. The minimum atomic E-state index is -4.43. The van der Waals surface area contributed by atoms with E-state index in [0.29, 0.717) is 15.0 Å². The Morgan fingerprint density at radius 2 is 1.73 bits per heavy atom. The van der Waals surface area contributed by atoms with Crippen LogP contribution in [0.1, 0.15) is 21.5 Å². The van der Waals surface area contributed by atoms with Gasteiger partial charge in [-0.3, -0.25) is 14.9 Å². The van der Waals surface area contributed by atoms with Crippen LogP contribution in [0, 0.1) is 6.92 Å². The summed E-state index contributed by atoms with van der Waals surface area (Å²) < 4.78 is 38.1. The van der Waals surface area contributed by atoms with Gasteiger partial charge in [0, 0.05) is 11.3 Å². The number of thioether (sulfide) groups is 1. The number of hydrogen-bond donors (Lipinski definition) is 2. The molecule has 0 spiro atoms. The van der Waals surface area contributed by atoms with E-state index in [-0.39, 0.29) is 17.3 Å². The number of anilines is 2. The summed E-state index contributed by atoms with van der Waals surface area (Å²) in [7, 11) is 0. The maximum absolute atomic E-state index is 12.6. The van der Waals surface area contributed by atoms with Gasteiger partial charge in [-0.2, -0.15) is 13.2 Å². The molecule has 0 fully saturated rings. The summed E-state index contributed by atoms with van der Waals surface area (Å²) in [5.41, 5.74) is 0.827. The van der Waals surface area contributed by atoms with Gasteiger partial charge >= 0.3 is 6.18 Å². The van der Waals surface area contributed by atoms with Crippen molar-refractivity contribution in [1.82, 2.24) is 10.2 Å². The summed E-state index contributed by atoms with van der Waals surface area (Å²) in [5.74, 6) is -0.720. The van der Waals surface area contributed by atoms with Crippen molar-refractivity contribution in [1.29, 1.82) is 0 Å². The highest BCUT2D eigenvalue weighted by molar-refractivity contribution is 8.01. The molecule has 1 aromatic heterocycles. The fourth-order valence-electron chi connectivity index (χ4n) is 2.38. The van der Waals surface area contributed by atoms with Gasteiger partial charge in [-0.05, 0) is 42.8 Å². The lowest BCUT2D eigenvalue weighted by Crippen LogP contribution is -2.14. The van der Waals surface area contributed by atoms with Crippen molar-refractivity contribution < 1.29 is 22.8 Å². The average Bonchev–Trinajstić information content (AvgIpc) is 3.14. The Balaban J connectivity index is 1.51. The van der Waals surface area contributed by atoms with Gasteiger partial charge in [0.2, 0.25) is 11.0 Å². The molecular formula is C19H15F3N4O2S2. The van der Waals surface area contributed by atoms with Crippen LogP contribution < -0.4 is 10.6 Å². The van der Waals surface area contributed by atoms with Crippen molar-refractivity contribution in [3.63, 3.8) is 0 Å². The molecule has 156 valence electrons. The van der Waals surface area contributed by atoms with Crippen LogP contribution in [0.2, 0.25) is 0 Å². The third-order valence-electron chi connectivity index (χ3n) is 3.84. The van der Waals surface area contributed by atoms with Crippen molar-refractivity contribution in [2.45, 2.75) is 17.4 Å². The SMILES string of the molecule is Cc1ccccc1C(=O)Nc1nnc(SCC(=O)Nc2ccc(C(F)(F)F)cc2)s1. The number of nitrogens with zero attached hydrogens (tertiary/aromatic N) is 2. The first-order valence-corrected chi connectivity index (χ1v) is 10.3. The lowest BCUT2D eigenvalue weighted by atomic mass is 10.1. The van der Waals surface area contributed by atoms with E-state index in [4.69, 9.17) is 0 Å². The number of carbonyl (C=O) groups excluding carboxylic acids is 2. The van der Waals surface area contributed by atoms with Gasteiger partial charge in [-0.15, -0.1) is 10.2 Å². The van der Waals surface area contributed by atoms with Crippen molar-refractivity contribution >= 4 is 45.7 Å². The normalized spacial score (nSPS) is 11.2. The summed E-state index contributed by atoms with van der Waals surface area (Å²) in [5, 5.41) is 13.3. The molecule has 0 radical (unpaired) electrons. The summed E-state index contributed by atoms with van der Waals surface area (Å²) in [6.45, 7) is 1.82. The molecule has 3 aromatic rings. The highest BCUT2D eigenvalue weighted by atomic mass is 32.2. The first-order chi connectivity index (χ1) is 14.2. The minimum absolute atomic E-state index is 0.0125. The zero-order valence-electron chi connectivity index (χ0n) is 15.5. The van der Waals surface area contributed by atoms with Crippen LogP contribution in [0.25, 0.3) is 0 Å². The Bertz CT molecular complexity index is 1050. The zero-order valence-corrected chi connectivity index (χ0v) is 17.1. The average molecular weight is 452 g/mol. The molecule has 0 saturated carbocycles. The van der Waals surface area contributed by atoms with E-state index in [1.54, 1.807) is 12.1 Å². The second kappa shape index (κ2) is 9.26. The van der Waals surface area contributed by atoms with Gasteiger partial charge in [-0.1, -0.05) is 41.3 Å². The van der Waals surface area contributed by atoms with Crippen LogP contribution in [0.15, 0.2) is 52.9 Å². The summed E-state index contributed by atoms with van der Waals surface area (Å²) in [4.78, 5) is 24.3. The van der Waals surface area contributed by atoms with E-state index in [1.165, 1.54) is 12.1 Å². The molecule has 11 heteroatoms. The molecule has 2 aromatic carbocycles. The van der Waals surface area contributed by atoms with Crippen LogP contribution in [0.3, 0.4) is 0 Å². The number of amides is 2. The first-order valence-electron chi connectivity index (χ1n) is 8.53. The molecule has 0 atom stereocenters. The fraction of sp³-hybridized carbons (Fsp3) is 0.158. The van der Waals surface area contributed by atoms with E-state index in [1.807, 2.05) is 19.1 Å². The predicted molar refractivity (Wildman–Crippen MR) is 110 cm³/mol. The number of nitrogens with one attached hydrogen (secondary N) is 2. The fourth-order valence-corrected chi connectivity index (χ4v) is 3.92. The molecule has 0 aliphatic rings. The second-order valence-corrected chi connectivity index (χ2v) is 8.25. The van der Waals surface area contributed by atoms with E-state index in [2.05, 4.69) is 20.8 Å². The molecule has 3 rings (SSSR count). The van der Waals surface area contributed by atoms with Crippen molar-refractivity contribution in [2.24, 2.45) is 0 Å². The Morgan fingerprint density at radius 1 is 1.03 bits per heavy atom. The standard InChI is InChI=1S/C19H15F3N4O2S2/c1-11-4-2-3-5-14(11)16(28)24-17-25-26-18(30-17)29-10-15(27)23-13-8-6-12(7-9-13)19(20,21)22/h2-9H,10H2,1H3,(H,23,27)(H,24,25,28). The van der Waals surface area contributed by atoms with E-state index < -0.39 is 17.6 Å². The van der Waals surface area contributed by atoms with E-state index >= 15 is 0 Å². The Morgan fingerprint density at radius 3 is 2.40 bits per heavy atom. The maximum atomic E-state index is 12.6.